The summed E-state index contributed by atoms with van der Waals surface area (Å²) < 4.78 is 14.0. The second-order valence-corrected chi connectivity index (χ2v) is 5.36. The fourth-order valence-electron chi connectivity index (χ4n) is 2.10. The van der Waals surface area contributed by atoms with Gasteiger partial charge in [-0.15, -0.1) is 0 Å². The van der Waals surface area contributed by atoms with Crippen LogP contribution in [0.3, 0.4) is 0 Å². The highest BCUT2D eigenvalue weighted by atomic mass is 19.1. The zero-order valence-electron chi connectivity index (χ0n) is 11.6. The maximum Gasteiger partial charge on any atom is 0.128 e. The molecule has 0 aliphatic rings. The summed E-state index contributed by atoms with van der Waals surface area (Å²) in [5.41, 5.74) is 1.94. The minimum Gasteiger partial charge on any atom is -0.310 e. The lowest BCUT2D eigenvalue weighted by molar-refractivity contribution is 0.232. The van der Waals surface area contributed by atoms with E-state index in [4.69, 9.17) is 0 Å². The highest BCUT2D eigenvalue weighted by Crippen LogP contribution is 2.37. The SMILES string of the molecule is CCNC(c1cc(C)ccc1F)C(C)(C)CC. The van der Waals surface area contributed by atoms with Crippen molar-refractivity contribution in [2.45, 2.75) is 47.1 Å². The molecule has 1 rings (SSSR count). The van der Waals surface area contributed by atoms with Crippen LogP contribution in [0.4, 0.5) is 4.39 Å². The summed E-state index contributed by atoms with van der Waals surface area (Å²) in [6.45, 7) is 11.4. The monoisotopic (exact) mass is 237 g/mol. The van der Waals surface area contributed by atoms with E-state index in [-0.39, 0.29) is 17.3 Å². The normalized spacial score (nSPS) is 13.8. The summed E-state index contributed by atoms with van der Waals surface area (Å²) in [6, 6.07) is 5.42. The molecule has 1 aromatic carbocycles. The van der Waals surface area contributed by atoms with Crippen molar-refractivity contribution in [2.24, 2.45) is 5.41 Å². The molecule has 96 valence electrons. The molecule has 0 spiro atoms. The van der Waals surface area contributed by atoms with Crippen LogP contribution in [-0.4, -0.2) is 6.54 Å². The Kier molecular flexibility index (Phi) is 4.70. The van der Waals surface area contributed by atoms with Crippen LogP contribution in [0.25, 0.3) is 0 Å². The largest absolute Gasteiger partial charge is 0.310 e. The van der Waals surface area contributed by atoms with Gasteiger partial charge in [-0.25, -0.2) is 4.39 Å². The van der Waals surface area contributed by atoms with E-state index in [0.717, 1.165) is 24.1 Å². The minimum atomic E-state index is -0.108. The Bertz CT molecular complexity index is 371. The molecule has 1 N–H and O–H groups in total. The van der Waals surface area contributed by atoms with Crippen LogP contribution in [0.15, 0.2) is 18.2 Å². The zero-order chi connectivity index (χ0) is 13.1. The quantitative estimate of drug-likeness (QED) is 0.808. The Balaban J connectivity index is 3.17. The van der Waals surface area contributed by atoms with E-state index >= 15 is 0 Å². The van der Waals surface area contributed by atoms with Gasteiger partial charge in [0, 0.05) is 11.6 Å². The second-order valence-electron chi connectivity index (χ2n) is 5.36. The van der Waals surface area contributed by atoms with Gasteiger partial charge in [0.25, 0.3) is 0 Å². The van der Waals surface area contributed by atoms with Gasteiger partial charge < -0.3 is 5.32 Å². The molecular weight excluding hydrogens is 213 g/mol. The molecule has 0 bridgehead atoms. The van der Waals surface area contributed by atoms with Crippen LogP contribution >= 0.6 is 0 Å². The molecule has 2 heteroatoms. The van der Waals surface area contributed by atoms with Crippen molar-refractivity contribution in [1.29, 1.82) is 0 Å². The van der Waals surface area contributed by atoms with Gasteiger partial charge in [-0.3, -0.25) is 0 Å². The summed E-state index contributed by atoms with van der Waals surface area (Å²) in [6.07, 6.45) is 1.01. The fraction of sp³-hybridized carbons (Fsp3) is 0.600. The molecule has 1 unspecified atom stereocenters. The number of benzene rings is 1. The van der Waals surface area contributed by atoms with Gasteiger partial charge in [0.1, 0.15) is 5.82 Å². The van der Waals surface area contributed by atoms with Crippen molar-refractivity contribution >= 4 is 0 Å². The lowest BCUT2D eigenvalue weighted by atomic mass is 9.78. The van der Waals surface area contributed by atoms with Crippen molar-refractivity contribution in [3.8, 4) is 0 Å². The summed E-state index contributed by atoms with van der Waals surface area (Å²) in [4.78, 5) is 0. The molecule has 0 radical (unpaired) electrons. The summed E-state index contributed by atoms with van der Waals surface area (Å²) >= 11 is 0. The van der Waals surface area contributed by atoms with Crippen LogP contribution < -0.4 is 5.32 Å². The Morgan fingerprint density at radius 1 is 1.29 bits per heavy atom. The van der Waals surface area contributed by atoms with E-state index < -0.39 is 0 Å². The molecule has 1 nitrogen and oxygen atoms in total. The maximum atomic E-state index is 14.0. The molecule has 1 aromatic rings. The molecule has 0 amide bonds. The first-order valence-electron chi connectivity index (χ1n) is 6.41. The molecule has 17 heavy (non-hydrogen) atoms. The average molecular weight is 237 g/mol. The van der Waals surface area contributed by atoms with Gasteiger partial charge in [0.15, 0.2) is 0 Å². The van der Waals surface area contributed by atoms with E-state index in [9.17, 15) is 4.39 Å². The van der Waals surface area contributed by atoms with Gasteiger partial charge in [-0.05, 0) is 31.4 Å². The van der Waals surface area contributed by atoms with E-state index in [1.165, 1.54) is 0 Å². The van der Waals surface area contributed by atoms with Crippen LogP contribution in [0.1, 0.15) is 51.3 Å². The Morgan fingerprint density at radius 3 is 2.47 bits per heavy atom. The van der Waals surface area contributed by atoms with Crippen LogP contribution in [0.2, 0.25) is 0 Å². The van der Waals surface area contributed by atoms with Crippen LogP contribution in [-0.2, 0) is 0 Å². The third kappa shape index (κ3) is 3.29. The first-order chi connectivity index (χ1) is 7.92. The highest BCUT2D eigenvalue weighted by molar-refractivity contribution is 5.28. The topological polar surface area (TPSA) is 12.0 Å². The Labute approximate surface area is 104 Å². The molecule has 0 aromatic heterocycles. The zero-order valence-corrected chi connectivity index (χ0v) is 11.6. The van der Waals surface area contributed by atoms with Gasteiger partial charge >= 0.3 is 0 Å². The highest BCUT2D eigenvalue weighted by Gasteiger charge is 2.30. The molecular formula is C15H24FN. The summed E-state index contributed by atoms with van der Waals surface area (Å²) in [5.74, 6) is -0.108. The maximum absolute atomic E-state index is 14.0. The molecule has 0 heterocycles. The molecule has 0 aliphatic heterocycles. The summed E-state index contributed by atoms with van der Waals surface area (Å²) in [5, 5.41) is 3.42. The van der Waals surface area contributed by atoms with E-state index in [1.807, 2.05) is 19.1 Å². The molecule has 0 fully saturated rings. The molecule has 1 atom stereocenters. The number of hydrogen-bond acceptors (Lipinski definition) is 1. The van der Waals surface area contributed by atoms with Crippen molar-refractivity contribution in [1.82, 2.24) is 5.32 Å². The number of rotatable bonds is 5. The summed E-state index contributed by atoms with van der Waals surface area (Å²) in [7, 11) is 0. The second kappa shape index (κ2) is 5.63. The van der Waals surface area contributed by atoms with E-state index in [1.54, 1.807) is 6.07 Å². The predicted molar refractivity (Wildman–Crippen MR) is 71.6 cm³/mol. The van der Waals surface area contributed by atoms with Crippen molar-refractivity contribution in [3.63, 3.8) is 0 Å². The predicted octanol–water partition coefficient (Wildman–Crippen LogP) is 4.22. The van der Waals surface area contributed by atoms with E-state index in [2.05, 4.69) is 33.0 Å². The number of aryl methyl sites for hydroxylation is 1. The van der Waals surface area contributed by atoms with Crippen molar-refractivity contribution < 1.29 is 4.39 Å². The standard InChI is InChI=1S/C15H24FN/c1-6-15(4,5)14(17-7-2)12-10-11(3)8-9-13(12)16/h8-10,14,17H,6-7H2,1-5H3. The van der Waals surface area contributed by atoms with Gasteiger partial charge in [-0.2, -0.15) is 0 Å². The number of hydrogen-bond donors (Lipinski definition) is 1. The number of halogens is 1. The van der Waals surface area contributed by atoms with E-state index in [0.29, 0.717) is 0 Å². The smallest absolute Gasteiger partial charge is 0.128 e. The van der Waals surface area contributed by atoms with Crippen LogP contribution in [0, 0.1) is 18.2 Å². The average Bonchev–Trinajstić information content (AvgIpc) is 2.29. The Morgan fingerprint density at radius 2 is 1.94 bits per heavy atom. The van der Waals surface area contributed by atoms with Gasteiger partial charge in [0.2, 0.25) is 0 Å². The third-order valence-corrected chi connectivity index (χ3v) is 3.56. The van der Waals surface area contributed by atoms with Crippen molar-refractivity contribution in [2.75, 3.05) is 6.54 Å². The van der Waals surface area contributed by atoms with Crippen molar-refractivity contribution in [3.05, 3.63) is 35.1 Å². The Hall–Kier alpha value is -0.890. The third-order valence-electron chi connectivity index (χ3n) is 3.56. The lowest BCUT2D eigenvalue weighted by Gasteiger charge is -2.35. The lowest BCUT2D eigenvalue weighted by Crippen LogP contribution is -2.34. The van der Waals surface area contributed by atoms with Gasteiger partial charge in [0.05, 0.1) is 0 Å². The minimum absolute atomic E-state index is 0.0463. The molecule has 0 saturated heterocycles. The first-order valence-corrected chi connectivity index (χ1v) is 6.41. The molecule has 0 saturated carbocycles. The fourth-order valence-corrected chi connectivity index (χ4v) is 2.10. The number of nitrogens with one attached hydrogen (secondary N) is 1. The molecule has 0 aliphatic carbocycles. The van der Waals surface area contributed by atoms with Gasteiger partial charge in [-0.1, -0.05) is 45.4 Å². The first kappa shape index (κ1) is 14.2. The van der Waals surface area contributed by atoms with Crippen LogP contribution in [0.5, 0.6) is 0 Å².